The number of nitrogens with zero attached hydrogens (tertiary/aromatic N) is 1. The van der Waals surface area contributed by atoms with Gasteiger partial charge >= 0.3 is 5.97 Å². The highest BCUT2D eigenvalue weighted by Gasteiger charge is 2.20. The molecule has 1 aliphatic rings. The van der Waals surface area contributed by atoms with Gasteiger partial charge in [0.1, 0.15) is 0 Å². The van der Waals surface area contributed by atoms with Crippen LogP contribution in [0.25, 0.3) is 0 Å². The van der Waals surface area contributed by atoms with Crippen LogP contribution in [0.1, 0.15) is 29.3 Å². The fourth-order valence-electron chi connectivity index (χ4n) is 2.45. The summed E-state index contributed by atoms with van der Waals surface area (Å²) in [5.74, 6) is -0.857. The Balaban J connectivity index is 2.07. The molecule has 0 spiro atoms. The summed E-state index contributed by atoms with van der Waals surface area (Å²) in [6.45, 7) is 6.08. The summed E-state index contributed by atoms with van der Waals surface area (Å²) in [5.41, 5.74) is 1.45. The number of piperazine rings is 1. The fraction of sp³-hybridized carbons (Fsp3) is 0.500. The molecule has 0 unspecified atom stereocenters. The van der Waals surface area contributed by atoms with E-state index in [9.17, 15) is 4.79 Å². The van der Waals surface area contributed by atoms with Crippen molar-refractivity contribution >= 4 is 5.97 Å². The number of carbonyl (C=O) groups is 1. The van der Waals surface area contributed by atoms with Crippen molar-refractivity contribution < 1.29 is 9.90 Å². The van der Waals surface area contributed by atoms with E-state index in [0.717, 1.165) is 38.2 Å². The Bertz CT molecular complexity index is 420. The number of carboxylic acid groups (broad SMARTS) is 1. The highest BCUT2D eigenvalue weighted by Crippen LogP contribution is 2.14. The Labute approximate surface area is 108 Å². The Morgan fingerprint density at radius 3 is 3.11 bits per heavy atom. The summed E-state index contributed by atoms with van der Waals surface area (Å²) >= 11 is 0. The minimum Gasteiger partial charge on any atom is -0.478 e. The third-order valence-corrected chi connectivity index (χ3v) is 3.50. The largest absolute Gasteiger partial charge is 0.478 e. The maximum atomic E-state index is 10.9. The number of carboxylic acids is 1. The zero-order valence-electron chi connectivity index (χ0n) is 10.7. The standard InChI is InChI=1S/C14H20N2O2/c1-2-13-9-15-6-7-16(13)10-11-4-3-5-12(8-11)14(17)18/h3-5,8,13,15H,2,6-7,9-10H2,1H3,(H,17,18)/t13-/m1/s1. The van der Waals surface area contributed by atoms with Crippen LogP contribution in [-0.2, 0) is 6.54 Å². The van der Waals surface area contributed by atoms with Crippen LogP contribution in [0.4, 0.5) is 0 Å². The molecule has 0 saturated carbocycles. The zero-order valence-corrected chi connectivity index (χ0v) is 10.7. The molecule has 4 nitrogen and oxygen atoms in total. The summed E-state index contributed by atoms with van der Waals surface area (Å²) in [5, 5.41) is 12.4. The van der Waals surface area contributed by atoms with Gasteiger partial charge in [-0.15, -0.1) is 0 Å². The average molecular weight is 248 g/mol. The molecule has 1 heterocycles. The summed E-state index contributed by atoms with van der Waals surface area (Å²) in [6.07, 6.45) is 1.12. The van der Waals surface area contributed by atoms with Crippen molar-refractivity contribution in [2.24, 2.45) is 0 Å². The maximum Gasteiger partial charge on any atom is 0.335 e. The van der Waals surface area contributed by atoms with E-state index < -0.39 is 5.97 Å². The van der Waals surface area contributed by atoms with Gasteiger partial charge in [0.05, 0.1) is 5.56 Å². The number of nitrogens with one attached hydrogen (secondary N) is 1. The Kier molecular flexibility index (Phi) is 4.33. The van der Waals surface area contributed by atoms with Gasteiger partial charge in [0.2, 0.25) is 0 Å². The summed E-state index contributed by atoms with van der Waals surface area (Å²) < 4.78 is 0. The van der Waals surface area contributed by atoms with Gasteiger partial charge in [0, 0.05) is 32.2 Å². The smallest absolute Gasteiger partial charge is 0.335 e. The molecule has 1 saturated heterocycles. The highest BCUT2D eigenvalue weighted by atomic mass is 16.4. The molecule has 4 heteroatoms. The predicted octanol–water partition coefficient (Wildman–Crippen LogP) is 1.57. The van der Waals surface area contributed by atoms with E-state index in [1.54, 1.807) is 12.1 Å². The van der Waals surface area contributed by atoms with Gasteiger partial charge in [-0.2, -0.15) is 0 Å². The predicted molar refractivity (Wildman–Crippen MR) is 70.8 cm³/mol. The van der Waals surface area contributed by atoms with Crippen LogP contribution in [-0.4, -0.2) is 41.7 Å². The molecule has 0 bridgehead atoms. The minimum absolute atomic E-state index is 0.371. The molecule has 1 aliphatic heterocycles. The lowest BCUT2D eigenvalue weighted by Crippen LogP contribution is -2.50. The van der Waals surface area contributed by atoms with E-state index >= 15 is 0 Å². The fourth-order valence-corrected chi connectivity index (χ4v) is 2.45. The number of rotatable bonds is 4. The molecule has 98 valence electrons. The van der Waals surface area contributed by atoms with Crippen molar-refractivity contribution in [1.29, 1.82) is 0 Å². The second-order valence-electron chi connectivity index (χ2n) is 4.74. The van der Waals surface area contributed by atoms with Crippen molar-refractivity contribution in [3.8, 4) is 0 Å². The van der Waals surface area contributed by atoms with Gasteiger partial charge in [0.15, 0.2) is 0 Å². The summed E-state index contributed by atoms with van der Waals surface area (Å²) in [7, 11) is 0. The number of aromatic carboxylic acids is 1. The van der Waals surface area contributed by atoms with Crippen LogP contribution in [0, 0.1) is 0 Å². The molecule has 1 aromatic carbocycles. The third-order valence-electron chi connectivity index (χ3n) is 3.50. The van der Waals surface area contributed by atoms with Crippen molar-refractivity contribution in [1.82, 2.24) is 10.2 Å². The zero-order chi connectivity index (χ0) is 13.0. The van der Waals surface area contributed by atoms with Crippen LogP contribution in [0.2, 0.25) is 0 Å². The Morgan fingerprint density at radius 2 is 2.39 bits per heavy atom. The first kappa shape index (κ1) is 13.1. The lowest BCUT2D eigenvalue weighted by molar-refractivity contribution is 0.0696. The average Bonchev–Trinajstić information content (AvgIpc) is 2.39. The van der Waals surface area contributed by atoms with E-state index in [2.05, 4.69) is 17.1 Å². The molecule has 0 aliphatic carbocycles. The van der Waals surface area contributed by atoms with E-state index in [4.69, 9.17) is 5.11 Å². The molecule has 0 aromatic heterocycles. The molecule has 0 radical (unpaired) electrons. The third kappa shape index (κ3) is 3.09. The van der Waals surface area contributed by atoms with Crippen LogP contribution < -0.4 is 5.32 Å². The lowest BCUT2D eigenvalue weighted by atomic mass is 10.1. The normalized spacial score (nSPS) is 20.8. The van der Waals surface area contributed by atoms with Gasteiger partial charge in [-0.25, -0.2) is 4.79 Å². The molecular formula is C14H20N2O2. The van der Waals surface area contributed by atoms with E-state index in [-0.39, 0.29) is 0 Å². The topological polar surface area (TPSA) is 52.6 Å². The van der Waals surface area contributed by atoms with Gasteiger partial charge in [-0.3, -0.25) is 4.90 Å². The first-order valence-corrected chi connectivity index (χ1v) is 6.47. The monoisotopic (exact) mass is 248 g/mol. The second kappa shape index (κ2) is 5.98. The Hall–Kier alpha value is -1.39. The van der Waals surface area contributed by atoms with E-state index in [1.165, 1.54) is 0 Å². The molecule has 18 heavy (non-hydrogen) atoms. The van der Waals surface area contributed by atoms with Crippen LogP contribution in [0.5, 0.6) is 0 Å². The number of hydrogen-bond acceptors (Lipinski definition) is 3. The van der Waals surface area contributed by atoms with Gasteiger partial charge < -0.3 is 10.4 Å². The summed E-state index contributed by atoms with van der Waals surface area (Å²) in [4.78, 5) is 13.4. The summed E-state index contributed by atoms with van der Waals surface area (Å²) in [6, 6.07) is 7.79. The van der Waals surface area contributed by atoms with Gasteiger partial charge in [-0.05, 0) is 24.1 Å². The lowest BCUT2D eigenvalue weighted by Gasteiger charge is -2.35. The molecule has 2 rings (SSSR count). The van der Waals surface area contributed by atoms with Crippen LogP contribution >= 0.6 is 0 Å². The maximum absolute atomic E-state index is 10.9. The Morgan fingerprint density at radius 1 is 1.56 bits per heavy atom. The first-order valence-electron chi connectivity index (χ1n) is 6.47. The van der Waals surface area contributed by atoms with Crippen molar-refractivity contribution in [3.63, 3.8) is 0 Å². The van der Waals surface area contributed by atoms with Crippen molar-refractivity contribution in [3.05, 3.63) is 35.4 Å². The highest BCUT2D eigenvalue weighted by molar-refractivity contribution is 5.87. The van der Waals surface area contributed by atoms with E-state index in [0.29, 0.717) is 11.6 Å². The number of benzene rings is 1. The van der Waals surface area contributed by atoms with Crippen LogP contribution in [0.15, 0.2) is 24.3 Å². The molecule has 1 atom stereocenters. The quantitative estimate of drug-likeness (QED) is 0.849. The molecule has 1 aromatic rings. The van der Waals surface area contributed by atoms with Gasteiger partial charge in [0.25, 0.3) is 0 Å². The van der Waals surface area contributed by atoms with Crippen molar-refractivity contribution in [2.45, 2.75) is 25.9 Å². The molecule has 0 amide bonds. The first-order chi connectivity index (χ1) is 8.70. The van der Waals surface area contributed by atoms with Gasteiger partial charge in [-0.1, -0.05) is 19.1 Å². The minimum atomic E-state index is -0.857. The van der Waals surface area contributed by atoms with Crippen LogP contribution in [0.3, 0.4) is 0 Å². The second-order valence-corrected chi connectivity index (χ2v) is 4.74. The molecule has 2 N–H and O–H groups in total. The number of hydrogen-bond donors (Lipinski definition) is 2. The van der Waals surface area contributed by atoms with Crippen molar-refractivity contribution in [2.75, 3.05) is 19.6 Å². The molecule has 1 fully saturated rings. The SMILES string of the molecule is CC[C@@H]1CNCCN1Cc1cccc(C(=O)O)c1. The van der Waals surface area contributed by atoms with E-state index in [1.807, 2.05) is 12.1 Å². The molecular weight excluding hydrogens is 228 g/mol.